The molecule has 0 fully saturated rings. The Morgan fingerprint density at radius 2 is 1.77 bits per heavy atom. The Morgan fingerprint density at radius 3 is 2.42 bits per heavy atom. The second-order valence-corrected chi connectivity index (χ2v) is 11.1. The third-order valence-corrected chi connectivity index (χ3v) is 7.55. The Hall–Kier alpha value is -4.29. The fraction of sp³-hybridized carbons (Fsp3) is 0.400. The van der Waals surface area contributed by atoms with E-state index in [1.54, 1.807) is 80.3 Å². The largest absolute Gasteiger partial charge is 0.491 e. The number of likely N-dealkylation sites (N-methyl/N-ethyl adjacent to an activating group) is 1. The van der Waals surface area contributed by atoms with E-state index in [2.05, 4.69) is 21.1 Å². The summed E-state index contributed by atoms with van der Waals surface area (Å²) < 4.78 is 17.2. The van der Waals surface area contributed by atoms with Gasteiger partial charge in [-0.05, 0) is 51.1 Å². The summed E-state index contributed by atoms with van der Waals surface area (Å²) >= 11 is 6.02. The van der Waals surface area contributed by atoms with Crippen LogP contribution in [0.2, 0.25) is 5.02 Å². The van der Waals surface area contributed by atoms with Crippen molar-refractivity contribution in [3.63, 3.8) is 0 Å². The maximum atomic E-state index is 13.6. The highest BCUT2D eigenvalue weighted by atomic mass is 35.5. The van der Waals surface area contributed by atoms with Gasteiger partial charge in [-0.1, -0.05) is 29.7 Å². The molecule has 5 amide bonds. The summed E-state index contributed by atoms with van der Waals surface area (Å²) in [7, 11) is 3.28. The second-order valence-electron chi connectivity index (χ2n) is 10.7. The molecule has 3 N–H and O–H groups in total. The number of urea groups is 2. The van der Waals surface area contributed by atoms with Crippen LogP contribution in [0.5, 0.6) is 5.75 Å². The van der Waals surface area contributed by atoms with Gasteiger partial charge in [-0.3, -0.25) is 4.79 Å². The summed E-state index contributed by atoms with van der Waals surface area (Å²) in [6, 6.07) is 10.3. The smallest absolute Gasteiger partial charge is 0.323 e. The first-order valence-electron chi connectivity index (χ1n) is 13.9. The lowest BCUT2D eigenvalue weighted by Gasteiger charge is -2.36. The Balaban J connectivity index is 1.60. The summed E-state index contributed by atoms with van der Waals surface area (Å²) in [5, 5.41) is 12.8. The first kappa shape index (κ1) is 31.6. The zero-order valence-electron chi connectivity index (χ0n) is 25.1. The van der Waals surface area contributed by atoms with Gasteiger partial charge in [-0.25, -0.2) is 9.59 Å². The van der Waals surface area contributed by atoms with E-state index in [1.165, 1.54) is 0 Å². The van der Waals surface area contributed by atoms with Crippen LogP contribution in [0.4, 0.5) is 26.7 Å². The number of aryl methyl sites for hydroxylation is 2. The number of hydrogen-bond acceptors (Lipinski definition) is 7. The van der Waals surface area contributed by atoms with E-state index in [4.69, 9.17) is 25.6 Å². The Morgan fingerprint density at radius 1 is 1.05 bits per heavy atom. The van der Waals surface area contributed by atoms with Crippen molar-refractivity contribution < 1.29 is 28.4 Å². The van der Waals surface area contributed by atoms with E-state index >= 15 is 0 Å². The van der Waals surface area contributed by atoms with Gasteiger partial charge in [0.25, 0.3) is 5.91 Å². The number of carbonyl (C=O) groups is 3. The summed E-state index contributed by atoms with van der Waals surface area (Å²) in [6.07, 6.45) is -0.351. The number of rotatable bonds is 4. The standard InChI is InChI=1S/C30H37ClN6O6/c1-17-14-37(30(40)34-27-19(3)35-43-20(27)4)18(2)16-42-25-13-23(33-29(39)32-22-9-7-8-21(31)12-22)10-11-24(25)28(38)36(5)15-26(17)41-6/h7-13,17-18,26H,14-16H2,1-6H3,(H,34,40)(H2,32,33,39)/t17-,18+,26-/m1/s1. The average molecular weight is 613 g/mol. The highest BCUT2D eigenvalue weighted by molar-refractivity contribution is 6.30. The van der Waals surface area contributed by atoms with Gasteiger partial charge in [-0.15, -0.1) is 0 Å². The minimum atomic E-state index is -0.494. The summed E-state index contributed by atoms with van der Waals surface area (Å²) in [5.41, 5.74) is 2.33. The molecule has 1 aliphatic heterocycles. The highest BCUT2D eigenvalue weighted by Gasteiger charge is 2.31. The number of nitrogens with one attached hydrogen (secondary N) is 3. The Labute approximate surface area is 255 Å². The number of anilines is 3. The van der Waals surface area contributed by atoms with E-state index in [0.717, 1.165) is 0 Å². The van der Waals surface area contributed by atoms with E-state index < -0.39 is 12.1 Å². The van der Waals surface area contributed by atoms with Gasteiger partial charge >= 0.3 is 12.1 Å². The van der Waals surface area contributed by atoms with Gasteiger partial charge in [0.1, 0.15) is 23.7 Å². The molecule has 0 saturated carbocycles. The maximum Gasteiger partial charge on any atom is 0.323 e. The second kappa shape index (κ2) is 13.8. The first-order chi connectivity index (χ1) is 20.5. The summed E-state index contributed by atoms with van der Waals surface area (Å²) in [5.74, 6) is 0.375. The molecule has 12 nitrogen and oxygen atoms in total. The monoisotopic (exact) mass is 612 g/mol. The topological polar surface area (TPSA) is 138 Å². The zero-order valence-corrected chi connectivity index (χ0v) is 25.8. The zero-order chi connectivity index (χ0) is 31.3. The van der Waals surface area contributed by atoms with Crippen LogP contribution in [0.15, 0.2) is 47.0 Å². The van der Waals surface area contributed by atoms with Crippen molar-refractivity contribution in [1.29, 1.82) is 0 Å². The predicted octanol–water partition coefficient (Wildman–Crippen LogP) is 5.63. The SMILES string of the molecule is CO[C@@H]1CN(C)C(=O)c2ccc(NC(=O)Nc3cccc(Cl)c3)cc2OC[C@H](C)N(C(=O)Nc2c(C)noc2C)C[C@H]1C. The van der Waals surface area contributed by atoms with Crippen LogP contribution in [0.1, 0.15) is 35.7 Å². The lowest BCUT2D eigenvalue weighted by atomic mass is 10.0. The molecule has 0 aliphatic carbocycles. The Kier molecular flexibility index (Phi) is 10.1. The van der Waals surface area contributed by atoms with Gasteiger partial charge in [0, 0.05) is 55.6 Å². The molecule has 43 heavy (non-hydrogen) atoms. The third kappa shape index (κ3) is 7.76. The number of methoxy groups -OCH3 is 1. The number of fused-ring (bicyclic) bond motifs is 1. The van der Waals surface area contributed by atoms with E-state index in [-0.39, 0.29) is 42.9 Å². The molecule has 2 heterocycles. The molecule has 3 aromatic rings. The Bertz CT molecular complexity index is 1460. The van der Waals surface area contributed by atoms with Crippen LogP contribution in [0, 0.1) is 19.8 Å². The first-order valence-corrected chi connectivity index (χ1v) is 14.2. The van der Waals surface area contributed by atoms with Crippen LogP contribution in [-0.4, -0.2) is 78.9 Å². The van der Waals surface area contributed by atoms with E-state index in [9.17, 15) is 14.4 Å². The molecular formula is C30H37ClN6O6. The molecule has 13 heteroatoms. The van der Waals surface area contributed by atoms with Crippen molar-refractivity contribution in [1.82, 2.24) is 15.0 Å². The fourth-order valence-corrected chi connectivity index (χ4v) is 5.02. The molecule has 230 valence electrons. The van der Waals surface area contributed by atoms with Crippen molar-refractivity contribution in [2.45, 2.75) is 39.8 Å². The van der Waals surface area contributed by atoms with Crippen LogP contribution in [0.3, 0.4) is 0 Å². The van der Waals surface area contributed by atoms with Crippen molar-refractivity contribution in [2.75, 3.05) is 49.8 Å². The van der Waals surface area contributed by atoms with Crippen LogP contribution in [0.25, 0.3) is 0 Å². The minimum absolute atomic E-state index is 0.0710. The number of benzene rings is 2. The van der Waals surface area contributed by atoms with Crippen LogP contribution >= 0.6 is 11.6 Å². The van der Waals surface area contributed by atoms with Gasteiger partial charge in [0.15, 0.2) is 5.76 Å². The normalized spacial score (nSPS) is 19.4. The lowest BCUT2D eigenvalue weighted by Crippen LogP contribution is -2.50. The number of nitrogens with zero attached hydrogens (tertiary/aromatic N) is 3. The fourth-order valence-electron chi connectivity index (χ4n) is 4.83. The third-order valence-electron chi connectivity index (χ3n) is 7.31. The molecular weight excluding hydrogens is 576 g/mol. The maximum absolute atomic E-state index is 13.6. The van der Waals surface area contributed by atoms with Gasteiger partial charge in [0.05, 0.1) is 17.7 Å². The minimum Gasteiger partial charge on any atom is -0.491 e. The van der Waals surface area contributed by atoms with Crippen molar-refractivity contribution >= 4 is 46.6 Å². The summed E-state index contributed by atoms with van der Waals surface area (Å²) in [6.45, 7) is 8.01. The average Bonchev–Trinajstić information content (AvgIpc) is 3.28. The van der Waals surface area contributed by atoms with E-state index in [1.807, 2.05) is 13.8 Å². The number of halogens is 1. The number of ether oxygens (including phenoxy) is 2. The number of amides is 5. The molecule has 4 rings (SSSR count). The predicted molar refractivity (Wildman–Crippen MR) is 164 cm³/mol. The van der Waals surface area contributed by atoms with Crippen molar-refractivity contribution in [3.8, 4) is 5.75 Å². The summed E-state index contributed by atoms with van der Waals surface area (Å²) in [4.78, 5) is 43.0. The molecule has 0 spiro atoms. The lowest BCUT2D eigenvalue weighted by molar-refractivity contribution is 0.0174. The van der Waals surface area contributed by atoms with E-state index in [0.29, 0.717) is 45.6 Å². The molecule has 0 unspecified atom stereocenters. The molecule has 0 bridgehead atoms. The van der Waals surface area contributed by atoms with Gasteiger partial charge < -0.3 is 39.7 Å². The molecule has 1 aromatic heterocycles. The van der Waals surface area contributed by atoms with Gasteiger partial charge in [0.2, 0.25) is 0 Å². The van der Waals surface area contributed by atoms with Crippen LogP contribution in [-0.2, 0) is 4.74 Å². The van der Waals surface area contributed by atoms with Crippen molar-refractivity contribution in [2.24, 2.45) is 5.92 Å². The highest BCUT2D eigenvalue weighted by Crippen LogP contribution is 2.28. The quantitative estimate of drug-likeness (QED) is 0.347. The van der Waals surface area contributed by atoms with Crippen molar-refractivity contribution in [3.05, 3.63) is 64.5 Å². The molecule has 0 saturated heterocycles. The van der Waals surface area contributed by atoms with Gasteiger partial charge in [-0.2, -0.15) is 0 Å². The number of carbonyl (C=O) groups excluding carboxylic acids is 3. The molecule has 1 aliphatic rings. The number of hydrogen-bond donors (Lipinski definition) is 3. The molecule has 3 atom stereocenters. The molecule has 0 radical (unpaired) electrons. The molecule has 2 aromatic carbocycles. The van der Waals surface area contributed by atoms with Crippen LogP contribution < -0.4 is 20.7 Å². The number of aromatic nitrogens is 1.